The predicted molar refractivity (Wildman–Crippen MR) is 112 cm³/mol. The summed E-state index contributed by atoms with van der Waals surface area (Å²) in [6.07, 6.45) is 6.76. The molecule has 0 bridgehead atoms. The van der Waals surface area contributed by atoms with Crippen LogP contribution in [0.2, 0.25) is 5.02 Å². The second-order valence-corrected chi connectivity index (χ2v) is 8.05. The summed E-state index contributed by atoms with van der Waals surface area (Å²) < 4.78 is 0. The molecule has 1 heterocycles. The summed E-state index contributed by atoms with van der Waals surface area (Å²) in [7, 11) is 0. The topological polar surface area (TPSA) is 75.4 Å². The Kier molecular flexibility index (Phi) is 7.95. The highest BCUT2D eigenvalue weighted by atomic mass is 35.5. The van der Waals surface area contributed by atoms with Gasteiger partial charge in [-0.2, -0.15) is 0 Å². The summed E-state index contributed by atoms with van der Waals surface area (Å²) in [6, 6.07) is 5.48. The van der Waals surface area contributed by atoms with Gasteiger partial charge in [-0.3, -0.25) is 9.59 Å². The Bertz CT molecular complexity index is 683. The van der Waals surface area contributed by atoms with Gasteiger partial charge in [-0.05, 0) is 63.1 Å². The van der Waals surface area contributed by atoms with Crippen LogP contribution in [0.3, 0.4) is 0 Å². The average Bonchev–Trinajstić information content (AvgIpc) is 2.99. The van der Waals surface area contributed by atoms with E-state index in [2.05, 4.69) is 12.2 Å². The van der Waals surface area contributed by atoms with Crippen molar-refractivity contribution in [2.24, 2.45) is 11.7 Å². The maximum atomic E-state index is 12.8. The summed E-state index contributed by atoms with van der Waals surface area (Å²) in [5.74, 6) is 0.177. The molecule has 1 aromatic rings. The van der Waals surface area contributed by atoms with E-state index in [1.807, 2.05) is 4.90 Å². The number of nitrogens with two attached hydrogens (primary N) is 1. The molecule has 3 N–H and O–H groups in total. The zero-order valence-corrected chi connectivity index (χ0v) is 17.3. The van der Waals surface area contributed by atoms with E-state index in [0.29, 0.717) is 22.7 Å². The van der Waals surface area contributed by atoms with E-state index in [1.165, 1.54) is 0 Å². The fourth-order valence-electron chi connectivity index (χ4n) is 4.09. The molecule has 0 radical (unpaired) electrons. The van der Waals surface area contributed by atoms with Gasteiger partial charge in [0, 0.05) is 30.7 Å². The lowest BCUT2D eigenvalue weighted by atomic mass is 10.00. The number of hydrogen-bond acceptors (Lipinski definition) is 3. The Labute approximate surface area is 172 Å². The van der Waals surface area contributed by atoms with Crippen LogP contribution >= 0.6 is 24.0 Å². The fraction of sp³-hybridized carbons (Fsp3) is 0.600. The first-order valence-electron chi connectivity index (χ1n) is 9.61. The van der Waals surface area contributed by atoms with Crippen molar-refractivity contribution in [3.63, 3.8) is 0 Å². The van der Waals surface area contributed by atoms with E-state index in [4.69, 9.17) is 17.3 Å². The summed E-state index contributed by atoms with van der Waals surface area (Å²) in [6.45, 7) is 2.85. The molecule has 2 amide bonds. The monoisotopic (exact) mass is 413 g/mol. The van der Waals surface area contributed by atoms with E-state index >= 15 is 0 Å². The number of hydrogen-bond donors (Lipinski definition) is 2. The molecule has 1 aromatic carbocycles. The van der Waals surface area contributed by atoms with Crippen LogP contribution in [0.4, 0.5) is 5.69 Å². The van der Waals surface area contributed by atoms with Crippen LogP contribution in [0.15, 0.2) is 18.2 Å². The van der Waals surface area contributed by atoms with Gasteiger partial charge < -0.3 is 16.0 Å². The molecule has 1 aliphatic heterocycles. The highest BCUT2D eigenvalue weighted by Gasteiger charge is 2.27. The number of anilines is 1. The lowest BCUT2D eigenvalue weighted by molar-refractivity contribution is -0.117. The molecule has 7 heteroatoms. The van der Waals surface area contributed by atoms with Crippen LogP contribution in [0, 0.1) is 5.92 Å². The first kappa shape index (κ1) is 22.0. The van der Waals surface area contributed by atoms with Crippen LogP contribution in [0.25, 0.3) is 0 Å². The molecule has 2 fully saturated rings. The van der Waals surface area contributed by atoms with Crippen LogP contribution in [0.1, 0.15) is 62.2 Å². The maximum absolute atomic E-state index is 12.8. The quantitative estimate of drug-likeness (QED) is 0.774. The molecule has 1 unspecified atom stereocenters. The number of benzene rings is 1. The Morgan fingerprint density at radius 1 is 1.22 bits per heavy atom. The SMILES string of the molecule is CC1CCCCN1C(=O)c1ccc(NC(=O)C[C@@H]2CCC[C@H]2N)cc1Cl.Cl. The van der Waals surface area contributed by atoms with Crippen molar-refractivity contribution in [2.75, 3.05) is 11.9 Å². The van der Waals surface area contributed by atoms with Crippen molar-refractivity contribution in [1.29, 1.82) is 0 Å². The van der Waals surface area contributed by atoms with E-state index in [0.717, 1.165) is 45.1 Å². The number of amides is 2. The van der Waals surface area contributed by atoms with Gasteiger partial charge in [0.05, 0.1) is 10.6 Å². The lowest BCUT2D eigenvalue weighted by Crippen LogP contribution is -2.42. The van der Waals surface area contributed by atoms with Gasteiger partial charge in [0.25, 0.3) is 5.91 Å². The smallest absolute Gasteiger partial charge is 0.255 e. The predicted octanol–water partition coefficient (Wildman–Crippen LogP) is 4.23. The molecule has 2 aliphatic rings. The summed E-state index contributed by atoms with van der Waals surface area (Å²) >= 11 is 6.35. The Balaban J connectivity index is 0.00000261. The minimum absolute atomic E-state index is 0. The molecule has 3 rings (SSSR count). The van der Waals surface area contributed by atoms with E-state index < -0.39 is 0 Å². The third kappa shape index (κ3) is 5.37. The zero-order chi connectivity index (χ0) is 18.7. The number of carbonyl (C=O) groups excluding carboxylic acids is 2. The first-order chi connectivity index (χ1) is 12.5. The number of halogens is 2. The van der Waals surface area contributed by atoms with Crippen LogP contribution < -0.4 is 11.1 Å². The van der Waals surface area contributed by atoms with Crippen LogP contribution in [-0.4, -0.2) is 35.3 Å². The second-order valence-electron chi connectivity index (χ2n) is 7.65. The Hall–Kier alpha value is -1.30. The average molecular weight is 414 g/mol. The van der Waals surface area contributed by atoms with Crippen molar-refractivity contribution in [3.05, 3.63) is 28.8 Å². The van der Waals surface area contributed by atoms with Gasteiger partial charge in [0.2, 0.25) is 5.91 Å². The van der Waals surface area contributed by atoms with Crippen LogP contribution in [0.5, 0.6) is 0 Å². The Morgan fingerprint density at radius 3 is 2.63 bits per heavy atom. The van der Waals surface area contributed by atoms with Gasteiger partial charge in [-0.1, -0.05) is 18.0 Å². The second kappa shape index (κ2) is 9.76. The third-order valence-electron chi connectivity index (χ3n) is 5.71. The number of carbonyl (C=O) groups is 2. The first-order valence-corrected chi connectivity index (χ1v) is 9.99. The minimum atomic E-state index is -0.0489. The van der Waals surface area contributed by atoms with Gasteiger partial charge in [0.15, 0.2) is 0 Å². The van der Waals surface area contributed by atoms with E-state index in [1.54, 1.807) is 18.2 Å². The highest BCUT2D eigenvalue weighted by Crippen LogP contribution is 2.28. The molecule has 5 nitrogen and oxygen atoms in total. The minimum Gasteiger partial charge on any atom is -0.336 e. The summed E-state index contributed by atoms with van der Waals surface area (Å²) in [4.78, 5) is 26.9. The maximum Gasteiger partial charge on any atom is 0.255 e. The highest BCUT2D eigenvalue weighted by molar-refractivity contribution is 6.34. The van der Waals surface area contributed by atoms with Crippen molar-refractivity contribution >= 4 is 41.5 Å². The molecule has 3 atom stereocenters. The van der Waals surface area contributed by atoms with Gasteiger partial charge in [0.1, 0.15) is 0 Å². The van der Waals surface area contributed by atoms with E-state index in [9.17, 15) is 9.59 Å². The molecule has 1 aliphatic carbocycles. The number of nitrogens with zero attached hydrogens (tertiary/aromatic N) is 1. The largest absolute Gasteiger partial charge is 0.336 e. The number of likely N-dealkylation sites (tertiary alicyclic amines) is 1. The number of nitrogens with one attached hydrogen (secondary N) is 1. The molecular weight excluding hydrogens is 385 g/mol. The Morgan fingerprint density at radius 2 is 2.00 bits per heavy atom. The summed E-state index contributed by atoms with van der Waals surface area (Å²) in [5.41, 5.74) is 7.15. The van der Waals surface area contributed by atoms with Gasteiger partial charge in [-0.25, -0.2) is 0 Å². The number of piperidine rings is 1. The van der Waals surface area contributed by atoms with Gasteiger partial charge >= 0.3 is 0 Å². The standard InChI is InChI=1S/C20H28ClN3O2.ClH/c1-13-5-2-3-10-24(13)20(26)16-9-8-15(12-17(16)21)23-19(25)11-14-6-4-7-18(14)22;/h8-9,12-14,18H,2-7,10-11,22H2,1H3,(H,23,25);1H/t13?,14-,18+;/m0./s1. The molecule has 27 heavy (non-hydrogen) atoms. The van der Waals surface area contributed by atoms with E-state index in [-0.39, 0.29) is 42.2 Å². The van der Waals surface area contributed by atoms with Gasteiger partial charge in [-0.15, -0.1) is 12.4 Å². The third-order valence-corrected chi connectivity index (χ3v) is 6.03. The molecular formula is C20H29Cl2N3O2. The molecule has 1 saturated heterocycles. The zero-order valence-electron chi connectivity index (χ0n) is 15.7. The molecule has 0 spiro atoms. The summed E-state index contributed by atoms with van der Waals surface area (Å²) in [5, 5.41) is 3.26. The lowest BCUT2D eigenvalue weighted by Gasteiger charge is -2.33. The normalized spacial score (nSPS) is 25.0. The molecule has 0 aromatic heterocycles. The van der Waals surface area contributed by atoms with Crippen molar-refractivity contribution in [2.45, 2.75) is 64.0 Å². The fourth-order valence-corrected chi connectivity index (χ4v) is 4.35. The number of rotatable bonds is 4. The van der Waals surface area contributed by atoms with Crippen molar-refractivity contribution < 1.29 is 9.59 Å². The van der Waals surface area contributed by atoms with Crippen LogP contribution in [-0.2, 0) is 4.79 Å². The molecule has 1 saturated carbocycles. The van der Waals surface area contributed by atoms with Crippen molar-refractivity contribution in [3.8, 4) is 0 Å². The molecule has 150 valence electrons. The van der Waals surface area contributed by atoms with Crippen molar-refractivity contribution in [1.82, 2.24) is 4.90 Å².